The second-order valence-electron chi connectivity index (χ2n) is 3.94. The molecule has 2 rings (SSSR count). The zero-order valence-corrected chi connectivity index (χ0v) is 10.2. The monoisotopic (exact) mass is 244 g/mol. The molecule has 0 spiro atoms. The van der Waals surface area contributed by atoms with Gasteiger partial charge in [-0.1, -0.05) is 11.6 Å². The molecule has 0 aromatic carbocycles. The number of rotatable bonds is 4. The molecular formula is C11H13ClO2S. The maximum atomic E-state index is 11.9. The van der Waals surface area contributed by atoms with Crippen molar-refractivity contribution in [3.63, 3.8) is 0 Å². The van der Waals surface area contributed by atoms with Crippen molar-refractivity contribution in [3.8, 4) is 0 Å². The van der Waals surface area contributed by atoms with Gasteiger partial charge < -0.3 is 4.74 Å². The summed E-state index contributed by atoms with van der Waals surface area (Å²) < 4.78 is 5.42. The lowest BCUT2D eigenvalue weighted by atomic mass is 9.76. The van der Waals surface area contributed by atoms with Gasteiger partial charge in [0.05, 0.1) is 15.5 Å². The lowest BCUT2D eigenvalue weighted by molar-refractivity contribution is -0.0704. The molecule has 0 bridgehead atoms. The van der Waals surface area contributed by atoms with Crippen LogP contribution in [0.1, 0.15) is 35.4 Å². The van der Waals surface area contributed by atoms with Crippen LogP contribution in [-0.2, 0) is 4.74 Å². The Morgan fingerprint density at radius 1 is 1.67 bits per heavy atom. The number of thiophene rings is 1. The zero-order chi connectivity index (χ0) is 10.9. The van der Waals surface area contributed by atoms with Crippen LogP contribution >= 0.6 is 22.9 Å². The molecule has 1 aliphatic carbocycles. The number of hydrogen-bond donors (Lipinski definition) is 0. The number of carbonyl (C=O) groups is 1. The Hall–Kier alpha value is -0.380. The number of carbonyl (C=O) groups excluding carboxylic acids is 1. The Labute approximate surface area is 98.2 Å². The number of Topliss-reactive ketones (excluding diaryl/α,β-unsaturated/α-hetero) is 1. The van der Waals surface area contributed by atoms with E-state index in [9.17, 15) is 4.79 Å². The number of ketones is 1. The van der Waals surface area contributed by atoms with Gasteiger partial charge in [0, 0.05) is 13.5 Å². The van der Waals surface area contributed by atoms with E-state index in [1.54, 1.807) is 13.2 Å². The van der Waals surface area contributed by atoms with Crippen LogP contribution in [0, 0.1) is 0 Å². The Bertz CT molecular complexity index is 363. The molecule has 1 aromatic rings. The van der Waals surface area contributed by atoms with Crippen LogP contribution in [0.2, 0.25) is 5.02 Å². The van der Waals surface area contributed by atoms with Gasteiger partial charge in [-0.05, 0) is 30.7 Å². The maximum absolute atomic E-state index is 11.9. The first-order chi connectivity index (χ1) is 7.17. The third-order valence-electron chi connectivity index (χ3n) is 3.05. The minimum absolute atomic E-state index is 0.108. The molecule has 0 N–H and O–H groups in total. The quantitative estimate of drug-likeness (QED) is 0.758. The van der Waals surface area contributed by atoms with E-state index in [4.69, 9.17) is 16.3 Å². The van der Waals surface area contributed by atoms with E-state index in [0.29, 0.717) is 16.3 Å². The minimum Gasteiger partial charge on any atom is -0.378 e. The Balaban J connectivity index is 2.07. The summed E-state index contributed by atoms with van der Waals surface area (Å²) in [5, 5.41) is 2.41. The largest absolute Gasteiger partial charge is 0.378 e. The molecule has 0 radical (unpaired) electrons. The topological polar surface area (TPSA) is 26.3 Å². The second kappa shape index (κ2) is 4.24. The van der Waals surface area contributed by atoms with E-state index in [-0.39, 0.29) is 11.4 Å². The molecule has 82 valence electrons. The Morgan fingerprint density at radius 3 is 2.80 bits per heavy atom. The van der Waals surface area contributed by atoms with Crippen LogP contribution in [0.3, 0.4) is 0 Å². The molecule has 1 fully saturated rings. The van der Waals surface area contributed by atoms with Gasteiger partial charge in [0.25, 0.3) is 0 Å². The summed E-state index contributed by atoms with van der Waals surface area (Å²) >= 11 is 7.32. The summed E-state index contributed by atoms with van der Waals surface area (Å²) in [4.78, 5) is 12.6. The van der Waals surface area contributed by atoms with Crippen LogP contribution < -0.4 is 0 Å². The number of methoxy groups -OCH3 is 1. The average molecular weight is 245 g/mol. The molecule has 1 aromatic heterocycles. The maximum Gasteiger partial charge on any atom is 0.177 e. The van der Waals surface area contributed by atoms with E-state index < -0.39 is 0 Å². The van der Waals surface area contributed by atoms with E-state index in [2.05, 4.69) is 0 Å². The Morgan fingerprint density at radius 2 is 2.40 bits per heavy atom. The first-order valence-corrected chi connectivity index (χ1v) is 6.24. The van der Waals surface area contributed by atoms with Crippen LogP contribution in [0.25, 0.3) is 0 Å². The van der Waals surface area contributed by atoms with Crippen LogP contribution in [0.15, 0.2) is 11.4 Å². The molecular weight excluding hydrogens is 232 g/mol. The minimum atomic E-state index is -0.204. The van der Waals surface area contributed by atoms with E-state index in [0.717, 1.165) is 19.3 Å². The third-order valence-corrected chi connectivity index (χ3v) is 4.43. The molecule has 2 nitrogen and oxygen atoms in total. The standard InChI is InChI=1S/C11H13ClO2S/c1-14-11(4-2-5-11)7-9(13)10-8(12)3-6-15-10/h3,6H,2,4-5,7H2,1H3. The summed E-state index contributed by atoms with van der Waals surface area (Å²) in [6, 6.07) is 1.76. The van der Waals surface area contributed by atoms with Crippen molar-refractivity contribution in [2.24, 2.45) is 0 Å². The van der Waals surface area contributed by atoms with Crippen molar-refractivity contribution in [3.05, 3.63) is 21.3 Å². The van der Waals surface area contributed by atoms with E-state index in [1.165, 1.54) is 11.3 Å². The molecule has 15 heavy (non-hydrogen) atoms. The van der Waals surface area contributed by atoms with Gasteiger partial charge in [-0.2, -0.15) is 0 Å². The van der Waals surface area contributed by atoms with E-state index >= 15 is 0 Å². The molecule has 1 saturated carbocycles. The molecule has 4 heteroatoms. The van der Waals surface area contributed by atoms with Crippen LogP contribution in [-0.4, -0.2) is 18.5 Å². The Kier molecular flexibility index (Phi) is 3.14. The number of ether oxygens (including phenoxy) is 1. The molecule has 0 saturated heterocycles. The van der Waals surface area contributed by atoms with Crippen molar-refractivity contribution in [2.45, 2.75) is 31.3 Å². The first kappa shape index (κ1) is 11.1. The second-order valence-corrected chi connectivity index (χ2v) is 5.26. The van der Waals surface area contributed by atoms with Gasteiger partial charge in [0.1, 0.15) is 0 Å². The highest BCUT2D eigenvalue weighted by Gasteiger charge is 2.39. The summed E-state index contributed by atoms with van der Waals surface area (Å²) in [5.74, 6) is 0.108. The summed E-state index contributed by atoms with van der Waals surface area (Å²) in [7, 11) is 1.68. The van der Waals surface area contributed by atoms with Gasteiger partial charge in [-0.3, -0.25) is 4.79 Å². The van der Waals surface area contributed by atoms with Gasteiger partial charge in [-0.15, -0.1) is 11.3 Å². The fourth-order valence-electron chi connectivity index (χ4n) is 1.89. The van der Waals surface area contributed by atoms with Gasteiger partial charge in [0.15, 0.2) is 5.78 Å². The molecule has 0 unspecified atom stereocenters. The molecule has 1 heterocycles. The highest BCUT2D eigenvalue weighted by atomic mass is 35.5. The average Bonchev–Trinajstić information content (AvgIpc) is 2.58. The normalized spacial score (nSPS) is 18.5. The lowest BCUT2D eigenvalue weighted by Crippen LogP contribution is -2.41. The summed E-state index contributed by atoms with van der Waals surface area (Å²) in [5.41, 5.74) is -0.204. The van der Waals surface area contributed by atoms with Gasteiger partial charge in [-0.25, -0.2) is 0 Å². The van der Waals surface area contributed by atoms with Crippen LogP contribution in [0.4, 0.5) is 0 Å². The molecule has 0 atom stereocenters. The first-order valence-electron chi connectivity index (χ1n) is 4.98. The predicted octanol–water partition coefficient (Wildman–Crippen LogP) is 3.54. The molecule has 0 aliphatic heterocycles. The fourth-order valence-corrected chi connectivity index (χ4v) is 2.99. The van der Waals surface area contributed by atoms with Crippen molar-refractivity contribution >= 4 is 28.7 Å². The fraction of sp³-hybridized carbons (Fsp3) is 0.545. The van der Waals surface area contributed by atoms with Crippen LogP contribution in [0.5, 0.6) is 0 Å². The smallest absolute Gasteiger partial charge is 0.177 e. The van der Waals surface area contributed by atoms with Gasteiger partial charge in [0.2, 0.25) is 0 Å². The van der Waals surface area contributed by atoms with Gasteiger partial charge >= 0.3 is 0 Å². The SMILES string of the molecule is COC1(CC(=O)c2sccc2Cl)CCC1. The highest BCUT2D eigenvalue weighted by Crippen LogP contribution is 2.39. The molecule has 1 aliphatic rings. The number of hydrogen-bond acceptors (Lipinski definition) is 3. The molecule has 0 amide bonds. The van der Waals surface area contributed by atoms with Crippen molar-refractivity contribution < 1.29 is 9.53 Å². The lowest BCUT2D eigenvalue weighted by Gasteiger charge is -2.39. The van der Waals surface area contributed by atoms with E-state index in [1.807, 2.05) is 5.38 Å². The highest BCUT2D eigenvalue weighted by molar-refractivity contribution is 7.12. The zero-order valence-electron chi connectivity index (χ0n) is 8.59. The van der Waals surface area contributed by atoms with Crippen molar-refractivity contribution in [1.82, 2.24) is 0 Å². The predicted molar refractivity (Wildman–Crippen MR) is 61.9 cm³/mol. The number of halogens is 1. The van der Waals surface area contributed by atoms with Crippen molar-refractivity contribution in [1.29, 1.82) is 0 Å². The van der Waals surface area contributed by atoms with Crippen molar-refractivity contribution in [2.75, 3.05) is 7.11 Å². The summed E-state index contributed by atoms with van der Waals surface area (Å²) in [6.07, 6.45) is 3.58. The summed E-state index contributed by atoms with van der Waals surface area (Å²) in [6.45, 7) is 0. The third kappa shape index (κ3) is 2.10.